The summed E-state index contributed by atoms with van der Waals surface area (Å²) in [7, 11) is 0. The lowest BCUT2D eigenvalue weighted by molar-refractivity contribution is -0.118. The minimum atomic E-state index is -0.00772. The van der Waals surface area contributed by atoms with E-state index in [1.165, 1.54) is 0 Å². The van der Waals surface area contributed by atoms with Gasteiger partial charge >= 0.3 is 0 Å². The highest BCUT2D eigenvalue weighted by Gasteiger charge is 2.14. The molecule has 108 valence electrons. The summed E-state index contributed by atoms with van der Waals surface area (Å²) in [5.74, 6) is 0.753. The minimum Gasteiger partial charge on any atom is -0.490 e. The number of rotatable bonds is 6. The van der Waals surface area contributed by atoms with Gasteiger partial charge < -0.3 is 14.8 Å². The van der Waals surface area contributed by atoms with E-state index in [-0.39, 0.29) is 5.91 Å². The molecule has 1 aliphatic rings. The molecule has 1 N–H and O–H groups in total. The summed E-state index contributed by atoms with van der Waals surface area (Å²) in [4.78, 5) is 14.0. The molecule has 1 amide bonds. The molecule has 5 heteroatoms. The average molecular weight is 276 g/mol. The molecule has 0 atom stereocenters. The van der Waals surface area contributed by atoms with Crippen LogP contribution < -0.4 is 10.1 Å². The largest absolute Gasteiger partial charge is 0.490 e. The average Bonchev–Trinajstić information content (AvgIpc) is 2.47. The highest BCUT2D eigenvalue weighted by atomic mass is 16.5. The zero-order valence-corrected chi connectivity index (χ0v) is 11.5. The van der Waals surface area contributed by atoms with E-state index in [9.17, 15) is 4.79 Å². The van der Waals surface area contributed by atoms with Gasteiger partial charge in [0.15, 0.2) is 0 Å². The van der Waals surface area contributed by atoms with Crippen molar-refractivity contribution in [1.82, 2.24) is 4.90 Å². The number of hydrogen-bond acceptors (Lipinski definition) is 4. The molecule has 1 saturated heterocycles. The number of ether oxygens (including phenoxy) is 2. The normalized spacial score (nSPS) is 15.6. The Morgan fingerprint density at radius 1 is 1.35 bits per heavy atom. The number of nitrogens with one attached hydrogen (secondary N) is 1. The first-order valence-corrected chi connectivity index (χ1v) is 6.71. The Labute approximate surface area is 119 Å². The van der Waals surface area contributed by atoms with Crippen LogP contribution in [-0.4, -0.2) is 50.3 Å². The number of anilines is 1. The number of benzene rings is 1. The van der Waals surface area contributed by atoms with E-state index in [2.05, 4.69) is 16.8 Å². The van der Waals surface area contributed by atoms with E-state index in [1.54, 1.807) is 6.08 Å². The van der Waals surface area contributed by atoms with E-state index in [1.807, 2.05) is 24.3 Å². The minimum absolute atomic E-state index is 0.00772. The molecule has 5 nitrogen and oxygen atoms in total. The van der Waals surface area contributed by atoms with Gasteiger partial charge in [-0.25, -0.2) is 0 Å². The van der Waals surface area contributed by atoms with E-state index in [0.717, 1.165) is 24.5 Å². The van der Waals surface area contributed by atoms with Crippen LogP contribution in [0, 0.1) is 0 Å². The summed E-state index contributed by atoms with van der Waals surface area (Å²) in [6, 6.07) is 7.31. The molecule has 1 aromatic rings. The lowest BCUT2D eigenvalue weighted by Gasteiger charge is -2.25. The Morgan fingerprint density at radius 2 is 2.05 bits per heavy atom. The Kier molecular flexibility index (Phi) is 5.58. The highest BCUT2D eigenvalue weighted by molar-refractivity contribution is 5.92. The van der Waals surface area contributed by atoms with Gasteiger partial charge in [0.1, 0.15) is 12.4 Å². The van der Waals surface area contributed by atoms with Crippen molar-refractivity contribution in [3.05, 3.63) is 36.9 Å². The van der Waals surface area contributed by atoms with E-state index in [4.69, 9.17) is 9.47 Å². The van der Waals surface area contributed by atoms with Crippen LogP contribution in [0.4, 0.5) is 5.69 Å². The Bertz CT molecular complexity index is 439. The van der Waals surface area contributed by atoms with Gasteiger partial charge in [0.2, 0.25) is 5.91 Å². The van der Waals surface area contributed by atoms with Crippen LogP contribution in [0.5, 0.6) is 5.75 Å². The summed E-state index contributed by atoms with van der Waals surface area (Å²) >= 11 is 0. The summed E-state index contributed by atoms with van der Waals surface area (Å²) in [5.41, 5.74) is 0.772. The molecule has 1 fully saturated rings. The fourth-order valence-electron chi connectivity index (χ4n) is 1.95. The number of amides is 1. The SMILES string of the molecule is C=CCOc1ccc(NC(=O)CN2CCOCC2)cc1. The van der Waals surface area contributed by atoms with Crippen LogP contribution in [0.3, 0.4) is 0 Å². The smallest absolute Gasteiger partial charge is 0.238 e. The molecule has 0 unspecified atom stereocenters. The second kappa shape index (κ2) is 7.67. The number of hydrogen-bond donors (Lipinski definition) is 1. The second-order valence-corrected chi connectivity index (χ2v) is 4.56. The predicted octanol–water partition coefficient (Wildman–Crippen LogP) is 1.52. The van der Waals surface area contributed by atoms with E-state index < -0.39 is 0 Å². The van der Waals surface area contributed by atoms with Crippen molar-refractivity contribution in [3.63, 3.8) is 0 Å². The van der Waals surface area contributed by atoms with Crippen molar-refractivity contribution >= 4 is 11.6 Å². The third-order valence-electron chi connectivity index (χ3n) is 2.98. The maximum atomic E-state index is 11.9. The van der Waals surface area contributed by atoms with Crippen molar-refractivity contribution in [2.24, 2.45) is 0 Å². The molecule has 1 aromatic carbocycles. The Morgan fingerprint density at radius 3 is 2.70 bits per heavy atom. The lowest BCUT2D eigenvalue weighted by atomic mass is 10.3. The van der Waals surface area contributed by atoms with Crippen molar-refractivity contribution in [2.45, 2.75) is 0 Å². The quantitative estimate of drug-likeness (QED) is 0.800. The molecule has 0 radical (unpaired) electrons. The maximum absolute atomic E-state index is 11.9. The third kappa shape index (κ3) is 4.68. The van der Waals surface area contributed by atoms with Gasteiger partial charge in [-0.3, -0.25) is 9.69 Å². The molecular weight excluding hydrogens is 256 g/mol. The molecule has 0 aliphatic carbocycles. The number of nitrogens with zero attached hydrogens (tertiary/aromatic N) is 1. The third-order valence-corrected chi connectivity index (χ3v) is 2.98. The van der Waals surface area contributed by atoms with Crippen LogP contribution in [0.2, 0.25) is 0 Å². The first kappa shape index (κ1) is 14.6. The summed E-state index contributed by atoms with van der Waals surface area (Å²) in [6.07, 6.45) is 1.69. The zero-order chi connectivity index (χ0) is 14.2. The number of carbonyl (C=O) groups is 1. The summed E-state index contributed by atoms with van der Waals surface area (Å²) < 4.78 is 10.6. The van der Waals surface area contributed by atoms with Gasteiger partial charge in [-0.05, 0) is 24.3 Å². The lowest BCUT2D eigenvalue weighted by Crippen LogP contribution is -2.41. The van der Waals surface area contributed by atoms with Crippen molar-refractivity contribution in [3.8, 4) is 5.75 Å². The second-order valence-electron chi connectivity index (χ2n) is 4.56. The van der Waals surface area contributed by atoms with Gasteiger partial charge in [0, 0.05) is 18.8 Å². The monoisotopic (exact) mass is 276 g/mol. The Hall–Kier alpha value is -1.85. The predicted molar refractivity (Wildman–Crippen MR) is 78.0 cm³/mol. The van der Waals surface area contributed by atoms with Gasteiger partial charge in [-0.1, -0.05) is 12.7 Å². The molecule has 0 aromatic heterocycles. The van der Waals surface area contributed by atoms with Gasteiger partial charge in [0.05, 0.1) is 19.8 Å². The van der Waals surface area contributed by atoms with Crippen molar-refractivity contribution in [1.29, 1.82) is 0 Å². The molecule has 0 bridgehead atoms. The van der Waals surface area contributed by atoms with E-state index >= 15 is 0 Å². The van der Waals surface area contributed by atoms with Crippen LogP contribution in [0.25, 0.3) is 0 Å². The molecular formula is C15H20N2O3. The van der Waals surface area contributed by atoms with Crippen LogP contribution in [0.15, 0.2) is 36.9 Å². The fraction of sp³-hybridized carbons (Fsp3) is 0.400. The van der Waals surface area contributed by atoms with Gasteiger partial charge in [0.25, 0.3) is 0 Å². The van der Waals surface area contributed by atoms with Crippen molar-refractivity contribution in [2.75, 3.05) is 44.8 Å². The number of morpholine rings is 1. The highest BCUT2D eigenvalue weighted by Crippen LogP contribution is 2.15. The first-order valence-electron chi connectivity index (χ1n) is 6.71. The Balaban J connectivity index is 1.79. The van der Waals surface area contributed by atoms with Crippen LogP contribution in [0.1, 0.15) is 0 Å². The van der Waals surface area contributed by atoms with Crippen LogP contribution in [-0.2, 0) is 9.53 Å². The fourth-order valence-corrected chi connectivity index (χ4v) is 1.95. The molecule has 2 rings (SSSR count). The molecule has 1 aliphatic heterocycles. The molecule has 0 spiro atoms. The topological polar surface area (TPSA) is 50.8 Å². The number of carbonyl (C=O) groups excluding carboxylic acids is 1. The maximum Gasteiger partial charge on any atom is 0.238 e. The van der Waals surface area contributed by atoms with Gasteiger partial charge in [-0.15, -0.1) is 0 Å². The summed E-state index contributed by atoms with van der Waals surface area (Å²) in [6.45, 7) is 7.48. The summed E-state index contributed by atoms with van der Waals surface area (Å²) in [5, 5.41) is 2.88. The first-order chi connectivity index (χ1) is 9.78. The van der Waals surface area contributed by atoms with E-state index in [0.29, 0.717) is 26.4 Å². The standard InChI is InChI=1S/C15H20N2O3/c1-2-9-20-14-5-3-13(4-6-14)16-15(18)12-17-7-10-19-11-8-17/h2-6H,1,7-12H2,(H,16,18). The molecule has 0 saturated carbocycles. The van der Waals surface area contributed by atoms with Gasteiger partial charge in [-0.2, -0.15) is 0 Å². The van der Waals surface area contributed by atoms with Crippen molar-refractivity contribution < 1.29 is 14.3 Å². The molecule has 20 heavy (non-hydrogen) atoms. The zero-order valence-electron chi connectivity index (χ0n) is 11.5. The van der Waals surface area contributed by atoms with Crippen LogP contribution >= 0.6 is 0 Å². The molecule has 1 heterocycles.